The van der Waals surface area contributed by atoms with E-state index in [1.807, 2.05) is 28.5 Å². The number of anilines is 1. The number of carbonyl (C=O) groups is 1. The first-order chi connectivity index (χ1) is 13.6. The summed E-state index contributed by atoms with van der Waals surface area (Å²) >= 11 is 1.46. The molecule has 1 aromatic carbocycles. The number of amides is 1. The van der Waals surface area contributed by atoms with Gasteiger partial charge in [-0.15, -0.1) is 11.3 Å². The number of nitrogen functional groups attached to an aromatic ring is 1. The minimum Gasteiger partial charge on any atom is -0.481 e. The van der Waals surface area contributed by atoms with Crippen molar-refractivity contribution < 1.29 is 9.53 Å². The zero-order valence-corrected chi connectivity index (χ0v) is 16.5. The van der Waals surface area contributed by atoms with Crippen LogP contribution in [0.4, 0.5) is 5.13 Å². The molecule has 0 aliphatic carbocycles. The topological polar surface area (TPSA) is 81.3 Å². The van der Waals surface area contributed by atoms with E-state index in [0.717, 1.165) is 18.5 Å². The van der Waals surface area contributed by atoms with Gasteiger partial charge in [-0.1, -0.05) is 30.3 Å². The van der Waals surface area contributed by atoms with Gasteiger partial charge in [-0.2, -0.15) is 0 Å². The van der Waals surface area contributed by atoms with Gasteiger partial charge >= 0.3 is 0 Å². The maximum absolute atomic E-state index is 13.0. The fourth-order valence-corrected chi connectivity index (χ4v) is 4.55. The molecule has 0 radical (unpaired) electrons. The molecule has 1 fully saturated rings. The number of piperidine rings is 1. The fraction of sp³-hybridized carbons (Fsp3) is 0.286. The van der Waals surface area contributed by atoms with Crippen molar-refractivity contribution >= 4 is 22.4 Å². The van der Waals surface area contributed by atoms with Crippen LogP contribution in [-0.2, 0) is 5.41 Å². The Kier molecular flexibility index (Phi) is 5.00. The first-order valence-electron chi connectivity index (χ1n) is 9.19. The normalized spacial score (nSPS) is 16.0. The van der Waals surface area contributed by atoms with Crippen molar-refractivity contribution in [2.45, 2.75) is 18.3 Å². The van der Waals surface area contributed by atoms with Crippen LogP contribution in [-0.4, -0.2) is 41.0 Å². The van der Waals surface area contributed by atoms with Gasteiger partial charge in [0.05, 0.1) is 12.8 Å². The van der Waals surface area contributed by atoms with Crippen LogP contribution in [0.1, 0.15) is 34.5 Å². The lowest BCUT2D eigenvalue weighted by Gasteiger charge is -2.41. The summed E-state index contributed by atoms with van der Waals surface area (Å²) in [5.41, 5.74) is 8.52. The lowest BCUT2D eigenvalue weighted by atomic mass is 9.70. The van der Waals surface area contributed by atoms with Crippen LogP contribution in [0.15, 0.2) is 54.0 Å². The summed E-state index contributed by atoms with van der Waals surface area (Å²) in [6, 6.07) is 13.8. The molecule has 0 saturated carbocycles. The number of nitrogens with zero attached hydrogens (tertiary/aromatic N) is 3. The number of pyridine rings is 1. The van der Waals surface area contributed by atoms with E-state index in [-0.39, 0.29) is 11.3 Å². The number of carbonyl (C=O) groups excluding carboxylic acids is 1. The zero-order valence-electron chi connectivity index (χ0n) is 15.7. The smallest absolute Gasteiger partial charge is 0.254 e. The highest BCUT2D eigenvalue weighted by molar-refractivity contribution is 7.13. The fourth-order valence-electron chi connectivity index (χ4n) is 3.89. The van der Waals surface area contributed by atoms with E-state index >= 15 is 0 Å². The molecule has 4 rings (SSSR count). The SMILES string of the molecule is COc1cc(C(=O)N2CCC(c3ccccc3)(c3csc(N)n3)CC2)ccn1. The number of likely N-dealkylation sites (tertiary alicyclic amines) is 1. The number of hydrogen-bond acceptors (Lipinski definition) is 6. The minimum absolute atomic E-state index is 0.000142. The number of methoxy groups -OCH3 is 1. The quantitative estimate of drug-likeness (QED) is 0.734. The van der Waals surface area contributed by atoms with Crippen molar-refractivity contribution in [3.05, 3.63) is 70.9 Å². The molecule has 28 heavy (non-hydrogen) atoms. The molecule has 0 unspecified atom stereocenters. The van der Waals surface area contributed by atoms with E-state index in [2.05, 4.69) is 22.1 Å². The molecule has 1 saturated heterocycles. The molecule has 3 aromatic rings. The Bertz CT molecular complexity index is 965. The summed E-state index contributed by atoms with van der Waals surface area (Å²) < 4.78 is 5.14. The molecule has 1 amide bonds. The Morgan fingerprint density at radius 2 is 1.96 bits per heavy atom. The summed E-state index contributed by atoms with van der Waals surface area (Å²) in [6.07, 6.45) is 3.20. The standard InChI is InChI=1S/C21H22N4O2S/c1-27-18-13-15(7-10-23-18)19(26)25-11-8-21(9-12-25,16-5-3-2-4-6-16)17-14-28-20(22)24-17/h2-7,10,13-14H,8-9,11-12H2,1H3,(H2,22,24). The third-order valence-corrected chi connectivity index (χ3v) is 6.11. The molecule has 0 spiro atoms. The van der Waals surface area contributed by atoms with Crippen molar-refractivity contribution in [2.75, 3.05) is 25.9 Å². The van der Waals surface area contributed by atoms with Crippen molar-refractivity contribution in [3.63, 3.8) is 0 Å². The van der Waals surface area contributed by atoms with Gasteiger partial charge in [0.25, 0.3) is 5.91 Å². The highest BCUT2D eigenvalue weighted by Crippen LogP contribution is 2.42. The van der Waals surface area contributed by atoms with Crippen LogP contribution in [0.3, 0.4) is 0 Å². The van der Waals surface area contributed by atoms with Crippen molar-refractivity contribution in [1.29, 1.82) is 0 Å². The lowest BCUT2D eigenvalue weighted by molar-refractivity contribution is 0.0683. The van der Waals surface area contributed by atoms with Crippen LogP contribution in [0.2, 0.25) is 0 Å². The van der Waals surface area contributed by atoms with E-state index in [0.29, 0.717) is 29.7 Å². The van der Waals surface area contributed by atoms with Crippen LogP contribution in [0.5, 0.6) is 5.88 Å². The van der Waals surface area contributed by atoms with Gasteiger partial charge in [-0.3, -0.25) is 4.79 Å². The molecule has 1 aliphatic rings. The van der Waals surface area contributed by atoms with Crippen LogP contribution < -0.4 is 10.5 Å². The second-order valence-electron chi connectivity index (χ2n) is 6.90. The number of benzene rings is 1. The van der Waals surface area contributed by atoms with E-state index in [1.54, 1.807) is 25.4 Å². The molecule has 3 heterocycles. The summed E-state index contributed by atoms with van der Waals surface area (Å²) in [6.45, 7) is 1.30. The average Bonchev–Trinajstić information content (AvgIpc) is 3.21. The molecule has 0 atom stereocenters. The first kappa shape index (κ1) is 18.4. The van der Waals surface area contributed by atoms with Crippen LogP contribution >= 0.6 is 11.3 Å². The zero-order chi connectivity index (χ0) is 19.6. The maximum Gasteiger partial charge on any atom is 0.254 e. The number of ether oxygens (including phenoxy) is 1. The maximum atomic E-state index is 13.0. The number of aromatic nitrogens is 2. The van der Waals surface area contributed by atoms with Gasteiger partial charge < -0.3 is 15.4 Å². The number of thiazole rings is 1. The van der Waals surface area contributed by atoms with Crippen molar-refractivity contribution in [2.24, 2.45) is 0 Å². The summed E-state index contributed by atoms with van der Waals surface area (Å²) in [5.74, 6) is 0.444. The van der Waals surface area contributed by atoms with Crippen LogP contribution in [0, 0.1) is 0 Å². The van der Waals surface area contributed by atoms with Crippen molar-refractivity contribution in [1.82, 2.24) is 14.9 Å². The summed E-state index contributed by atoms with van der Waals surface area (Å²) in [5, 5.41) is 2.63. The molecule has 144 valence electrons. The Morgan fingerprint density at radius 1 is 1.21 bits per heavy atom. The van der Waals surface area contributed by atoms with Gasteiger partial charge in [-0.05, 0) is 24.5 Å². The largest absolute Gasteiger partial charge is 0.481 e. The van der Waals surface area contributed by atoms with Crippen LogP contribution in [0.25, 0.3) is 0 Å². The second-order valence-corrected chi connectivity index (χ2v) is 7.79. The monoisotopic (exact) mass is 394 g/mol. The van der Waals surface area contributed by atoms with Gasteiger partial charge in [0.1, 0.15) is 0 Å². The molecule has 7 heteroatoms. The third kappa shape index (κ3) is 3.33. The predicted molar refractivity (Wildman–Crippen MR) is 110 cm³/mol. The average molecular weight is 395 g/mol. The van der Waals surface area contributed by atoms with E-state index in [1.165, 1.54) is 16.9 Å². The minimum atomic E-state index is -0.220. The Morgan fingerprint density at radius 3 is 2.61 bits per heavy atom. The highest BCUT2D eigenvalue weighted by Gasteiger charge is 2.40. The molecule has 6 nitrogen and oxygen atoms in total. The molecule has 2 N–H and O–H groups in total. The lowest BCUT2D eigenvalue weighted by Crippen LogP contribution is -2.46. The third-order valence-electron chi connectivity index (χ3n) is 5.43. The Balaban J connectivity index is 1.59. The molecular weight excluding hydrogens is 372 g/mol. The van der Waals surface area contributed by atoms with Gasteiger partial charge in [-0.25, -0.2) is 9.97 Å². The molecular formula is C21H22N4O2S. The molecule has 0 bridgehead atoms. The van der Waals surface area contributed by atoms with E-state index in [9.17, 15) is 4.79 Å². The highest BCUT2D eigenvalue weighted by atomic mass is 32.1. The van der Waals surface area contributed by atoms with Gasteiger partial charge in [0.2, 0.25) is 5.88 Å². The van der Waals surface area contributed by atoms with Gasteiger partial charge in [0, 0.05) is 41.7 Å². The predicted octanol–water partition coefficient (Wildman–Crippen LogP) is 3.35. The first-order valence-corrected chi connectivity index (χ1v) is 10.1. The van der Waals surface area contributed by atoms with Gasteiger partial charge in [0.15, 0.2) is 5.13 Å². The number of nitrogens with two attached hydrogens (primary N) is 1. The second kappa shape index (κ2) is 7.59. The number of hydrogen-bond donors (Lipinski definition) is 1. The molecule has 2 aromatic heterocycles. The van der Waals surface area contributed by atoms with E-state index < -0.39 is 0 Å². The van der Waals surface area contributed by atoms with E-state index in [4.69, 9.17) is 10.5 Å². The summed E-state index contributed by atoms with van der Waals surface area (Å²) in [4.78, 5) is 23.5. The molecule has 1 aliphatic heterocycles. The number of rotatable bonds is 4. The summed E-state index contributed by atoms with van der Waals surface area (Å²) in [7, 11) is 1.55. The Hall–Kier alpha value is -2.93. The Labute approximate surface area is 168 Å². The van der Waals surface area contributed by atoms with Crippen molar-refractivity contribution in [3.8, 4) is 5.88 Å².